The van der Waals surface area contributed by atoms with Crippen LogP contribution in [0.3, 0.4) is 0 Å². The molecule has 7 heteroatoms. The highest BCUT2D eigenvalue weighted by molar-refractivity contribution is 7.89. The quantitative estimate of drug-likeness (QED) is 0.892. The Labute approximate surface area is 117 Å². The molecule has 2 aliphatic heterocycles. The first-order valence-electron chi connectivity index (χ1n) is 6.41. The van der Waals surface area contributed by atoms with Gasteiger partial charge >= 0.3 is 5.97 Å². The second-order valence-corrected chi connectivity index (χ2v) is 7.05. The van der Waals surface area contributed by atoms with E-state index in [0.29, 0.717) is 19.6 Å². The van der Waals surface area contributed by atoms with Gasteiger partial charge in [0.05, 0.1) is 24.0 Å². The van der Waals surface area contributed by atoms with Crippen molar-refractivity contribution < 1.29 is 23.1 Å². The first-order valence-corrected chi connectivity index (χ1v) is 7.85. The van der Waals surface area contributed by atoms with E-state index < -0.39 is 21.9 Å². The van der Waals surface area contributed by atoms with Crippen molar-refractivity contribution in [3.8, 4) is 0 Å². The molecule has 0 amide bonds. The molecule has 3 rings (SSSR count). The molecular weight excluding hydrogens is 282 g/mol. The number of nitrogens with zero attached hydrogens (tertiary/aromatic N) is 1. The molecule has 1 saturated heterocycles. The third-order valence-corrected chi connectivity index (χ3v) is 5.69. The number of aliphatic carboxylic acids is 1. The van der Waals surface area contributed by atoms with Gasteiger partial charge in [-0.3, -0.25) is 4.79 Å². The first kappa shape index (κ1) is 13.5. The van der Waals surface area contributed by atoms with E-state index in [1.165, 1.54) is 4.31 Å². The molecule has 1 unspecified atom stereocenters. The topological polar surface area (TPSA) is 83.9 Å². The van der Waals surface area contributed by atoms with Crippen molar-refractivity contribution in [3.05, 3.63) is 29.3 Å². The Bertz CT molecular complexity index is 655. The standard InChI is InChI=1S/C13H15NO5S/c15-13(16)9-3-4-14(6-9)20(17,18)12-2-1-10-7-19-8-11(10)5-12/h1-2,5,9H,3-4,6-8H2,(H,15,16). The Balaban J connectivity index is 1.87. The summed E-state index contributed by atoms with van der Waals surface area (Å²) >= 11 is 0. The Hall–Kier alpha value is -1.44. The van der Waals surface area contributed by atoms with Crippen molar-refractivity contribution in [2.45, 2.75) is 24.5 Å². The number of hydrogen-bond acceptors (Lipinski definition) is 4. The second-order valence-electron chi connectivity index (χ2n) is 5.11. The van der Waals surface area contributed by atoms with Crippen LogP contribution in [0.1, 0.15) is 17.5 Å². The number of carboxylic acids is 1. The lowest BCUT2D eigenvalue weighted by Gasteiger charge is -2.16. The molecule has 2 aliphatic rings. The van der Waals surface area contributed by atoms with Crippen LogP contribution in [0.25, 0.3) is 0 Å². The number of hydrogen-bond donors (Lipinski definition) is 1. The molecule has 0 aliphatic carbocycles. The largest absolute Gasteiger partial charge is 0.481 e. The van der Waals surface area contributed by atoms with Gasteiger partial charge in [-0.2, -0.15) is 4.31 Å². The summed E-state index contributed by atoms with van der Waals surface area (Å²) in [7, 11) is -3.61. The zero-order chi connectivity index (χ0) is 14.3. The summed E-state index contributed by atoms with van der Waals surface area (Å²) < 4.78 is 31.5. The molecule has 0 spiro atoms. The number of benzene rings is 1. The van der Waals surface area contributed by atoms with Crippen LogP contribution in [0.5, 0.6) is 0 Å². The highest BCUT2D eigenvalue weighted by Gasteiger charge is 2.36. The Morgan fingerprint density at radius 2 is 2.05 bits per heavy atom. The van der Waals surface area contributed by atoms with Crippen LogP contribution in [0.4, 0.5) is 0 Å². The summed E-state index contributed by atoms with van der Waals surface area (Å²) in [6.45, 7) is 1.25. The summed E-state index contributed by atoms with van der Waals surface area (Å²) in [5.41, 5.74) is 1.90. The fourth-order valence-corrected chi connectivity index (χ4v) is 4.16. The number of carbonyl (C=O) groups is 1. The number of ether oxygens (including phenoxy) is 1. The van der Waals surface area contributed by atoms with Gasteiger partial charge in [0, 0.05) is 13.1 Å². The fourth-order valence-electron chi connectivity index (χ4n) is 2.61. The summed E-state index contributed by atoms with van der Waals surface area (Å²) in [6.07, 6.45) is 0.364. The molecule has 0 bridgehead atoms. The van der Waals surface area contributed by atoms with Gasteiger partial charge in [0.1, 0.15) is 0 Å². The van der Waals surface area contributed by atoms with Crippen molar-refractivity contribution >= 4 is 16.0 Å². The van der Waals surface area contributed by atoms with E-state index in [4.69, 9.17) is 9.84 Å². The third-order valence-electron chi connectivity index (χ3n) is 3.83. The second kappa shape index (κ2) is 4.83. The van der Waals surface area contributed by atoms with Crippen molar-refractivity contribution in [3.63, 3.8) is 0 Å². The average Bonchev–Trinajstić information content (AvgIpc) is 3.07. The van der Waals surface area contributed by atoms with Crippen LogP contribution >= 0.6 is 0 Å². The fraction of sp³-hybridized carbons (Fsp3) is 0.462. The van der Waals surface area contributed by atoms with Crippen LogP contribution in [-0.2, 0) is 32.8 Å². The molecule has 0 saturated carbocycles. The van der Waals surface area contributed by atoms with Crippen LogP contribution in [0, 0.1) is 5.92 Å². The molecule has 1 aromatic carbocycles. The molecule has 1 N–H and O–H groups in total. The first-order chi connectivity index (χ1) is 9.48. The molecular formula is C13H15NO5S. The molecule has 20 heavy (non-hydrogen) atoms. The molecule has 2 heterocycles. The maximum absolute atomic E-state index is 12.5. The van der Waals surface area contributed by atoms with Crippen molar-refractivity contribution in [2.24, 2.45) is 5.92 Å². The Morgan fingerprint density at radius 3 is 2.75 bits per heavy atom. The predicted molar refractivity (Wildman–Crippen MR) is 69.4 cm³/mol. The molecule has 108 valence electrons. The van der Waals surface area contributed by atoms with Gasteiger partial charge in [0.25, 0.3) is 0 Å². The number of fused-ring (bicyclic) bond motifs is 1. The summed E-state index contributed by atoms with van der Waals surface area (Å²) in [5, 5.41) is 8.96. The SMILES string of the molecule is O=C(O)C1CCN(S(=O)(=O)c2ccc3c(c2)COC3)C1. The van der Waals surface area contributed by atoms with Gasteiger partial charge in [-0.25, -0.2) is 8.42 Å². The predicted octanol–water partition coefficient (Wildman–Crippen LogP) is 0.812. The van der Waals surface area contributed by atoms with E-state index in [2.05, 4.69) is 0 Å². The van der Waals surface area contributed by atoms with Gasteiger partial charge < -0.3 is 9.84 Å². The van der Waals surface area contributed by atoms with Crippen molar-refractivity contribution in [1.82, 2.24) is 4.31 Å². The lowest BCUT2D eigenvalue weighted by atomic mass is 10.1. The van der Waals surface area contributed by atoms with Gasteiger partial charge in [0.2, 0.25) is 10.0 Å². The van der Waals surface area contributed by atoms with E-state index in [9.17, 15) is 13.2 Å². The highest BCUT2D eigenvalue weighted by Crippen LogP contribution is 2.28. The summed E-state index contributed by atoms with van der Waals surface area (Å²) in [5.74, 6) is -1.55. The number of carboxylic acid groups (broad SMARTS) is 1. The van der Waals surface area contributed by atoms with E-state index in [0.717, 1.165) is 11.1 Å². The third kappa shape index (κ3) is 2.21. The lowest BCUT2D eigenvalue weighted by molar-refractivity contribution is -0.141. The van der Waals surface area contributed by atoms with E-state index in [1.807, 2.05) is 0 Å². The molecule has 1 atom stereocenters. The van der Waals surface area contributed by atoms with Crippen molar-refractivity contribution in [1.29, 1.82) is 0 Å². The van der Waals surface area contributed by atoms with Gasteiger partial charge in [-0.05, 0) is 29.7 Å². The van der Waals surface area contributed by atoms with Crippen LogP contribution in [-0.4, -0.2) is 36.9 Å². The minimum absolute atomic E-state index is 0.0469. The lowest BCUT2D eigenvalue weighted by Crippen LogP contribution is -2.30. The van der Waals surface area contributed by atoms with Gasteiger partial charge in [0.15, 0.2) is 0 Å². The van der Waals surface area contributed by atoms with E-state index in [-0.39, 0.29) is 18.0 Å². The Morgan fingerprint density at radius 1 is 1.30 bits per heavy atom. The van der Waals surface area contributed by atoms with Gasteiger partial charge in [-0.1, -0.05) is 6.07 Å². The molecule has 0 aromatic heterocycles. The zero-order valence-electron chi connectivity index (χ0n) is 10.8. The monoisotopic (exact) mass is 297 g/mol. The summed E-state index contributed by atoms with van der Waals surface area (Å²) in [4.78, 5) is 11.1. The van der Waals surface area contributed by atoms with Gasteiger partial charge in [-0.15, -0.1) is 0 Å². The molecule has 6 nitrogen and oxygen atoms in total. The maximum Gasteiger partial charge on any atom is 0.307 e. The average molecular weight is 297 g/mol. The van der Waals surface area contributed by atoms with Crippen LogP contribution < -0.4 is 0 Å². The minimum Gasteiger partial charge on any atom is -0.481 e. The zero-order valence-corrected chi connectivity index (χ0v) is 11.6. The molecule has 0 radical (unpaired) electrons. The van der Waals surface area contributed by atoms with Crippen LogP contribution in [0.15, 0.2) is 23.1 Å². The normalized spacial score (nSPS) is 22.9. The number of sulfonamides is 1. The highest BCUT2D eigenvalue weighted by atomic mass is 32.2. The molecule has 1 fully saturated rings. The smallest absolute Gasteiger partial charge is 0.307 e. The van der Waals surface area contributed by atoms with Crippen molar-refractivity contribution in [2.75, 3.05) is 13.1 Å². The van der Waals surface area contributed by atoms with E-state index in [1.54, 1.807) is 18.2 Å². The summed E-state index contributed by atoms with van der Waals surface area (Å²) in [6, 6.07) is 4.96. The Kier molecular flexibility index (Phi) is 3.27. The van der Waals surface area contributed by atoms with Crippen LogP contribution in [0.2, 0.25) is 0 Å². The maximum atomic E-state index is 12.5. The number of rotatable bonds is 3. The van der Waals surface area contributed by atoms with E-state index >= 15 is 0 Å². The minimum atomic E-state index is -3.61. The molecule has 1 aromatic rings.